The molecule has 4 aromatic rings. The number of nitrogens with one attached hydrogen (secondary N) is 5. The summed E-state index contributed by atoms with van der Waals surface area (Å²) >= 11 is 0. The third-order valence-corrected chi connectivity index (χ3v) is 14.9. The first-order valence-corrected chi connectivity index (χ1v) is 25.1. The van der Waals surface area contributed by atoms with Crippen molar-refractivity contribution >= 4 is 65.6 Å². The number of benzene rings is 4. The Morgan fingerprint density at radius 2 is 1.07 bits per heavy atom. The maximum atomic E-state index is 14.9. The largest absolute Gasteiger partial charge is 0.342 e. The van der Waals surface area contributed by atoms with E-state index in [0.717, 1.165) is 55.3 Å². The van der Waals surface area contributed by atoms with E-state index in [4.69, 9.17) is 0 Å². The van der Waals surface area contributed by atoms with Gasteiger partial charge in [-0.25, -0.2) is 0 Å². The summed E-state index contributed by atoms with van der Waals surface area (Å²) in [6, 6.07) is 28.3. The summed E-state index contributed by atoms with van der Waals surface area (Å²) in [7, 11) is 3.36. The highest BCUT2D eigenvalue weighted by Gasteiger charge is 2.43. The normalized spacial score (nSPS) is 20.2. The van der Waals surface area contributed by atoms with Crippen LogP contribution in [0.2, 0.25) is 0 Å². The van der Waals surface area contributed by atoms with Gasteiger partial charge >= 0.3 is 0 Å². The predicted molar refractivity (Wildman–Crippen MR) is 289 cm³/mol. The molecule has 2 aliphatic carbocycles. The Labute approximate surface area is 437 Å². The van der Waals surface area contributed by atoms with Crippen molar-refractivity contribution < 1.29 is 24.0 Å². The number of aryl methyl sites for hydroxylation is 2. The number of fused-ring (bicyclic) bond motifs is 4. The molecule has 0 fully saturated rings. The molecule has 0 bridgehead atoms. The Kier molecular flexibility index (Phi) is 19.7. The van der Waals surface area contributed by atoms with E-state index in [1.54, 1.807) is 32.8 Å². The highest BCUT2D eigenvalue weighted by Crippen LogP contribution is 2.39. The van der Waals surface area contributed by atoms with Crippen molar-refractivity contribution in [2.75, 3.05) is 23.9 Å². The van der Waals surface area contributed by atoms with Gasteiger partial charge in [0.05, 0.1) is 24.2 Å². The van der Waals surface area contributed by atoms with Gasteiger partial charge in [-0.1, -0.05) is 96.8 Å². The topological polar surface area (TPSA) is 152 Å². The molecule has 2 heterocycles. The molecule has 380 valence electrons. The molecule has 2 aliphatic heterocycles. The van der Waals surface area contributed by atoms with Crippen molar-refractivity contribution in [3.8, 4) is 23.7 Å². The van der Waals surface area contributed by atoms with Crippen molar-refractivity contribution in [1.29, 1.82) is 0 Å². The summed E-state index contributed by atoms with van der Waals surface area (Å²) in [5.41, 5.74) is 8.57. The molecule has 4 amide bonds. The molecule has 4 aliphatic rings. The number of anilines is 2. The van der Waals surface area contributed by atoms with Crippen molar-refractivity contribution in [3.05, 3.63) is 130 Å². The number of amides is 4. The molecule has 0 spiro atoms. The van der Waals surface area contributed by atoms with Crippen molar-refractivity contribution in [2.24, 2.45) is 0 Å². The maximum Gasteiger partial charge on any atom is 0.251 e. The molecule has 0 saturated carbocycles. The molecule has 0 aromatic heterocycles. The number of hydrogen-bond donors (Lipinski definition) is 5. The molecular formula is C58H69Cl2N7O5. The van der Waals surface area contributed by atoms with Crippen LogP contribution < -0.4 is 36.4 Å². The van der Waals surface area contributed by atoms with Gasteiger partial charge in [-0.05, 0) is 143 Å². The Balaban J connectivity index is 0.00000423. The molecule has 72 heavy (non-hydrogen) atoms. The average molecular weight is 1020 g/mol. The highest BCUT2D eigenvalue weighted by molar-refractivity contribution is 6.07. The van der Waals surface area contributed by atoms with Crippen LogP contribution in [0.4, 0.5) is 11.4 Å². The van der Waals surface area contributed by atoms with Crippen LogP contribution in [0.1, 0.15) is 111 Å². The minimum Gasteiger partial charge on any atom is -0.342 e. The fourth-order valence-corrected chi connectivity index (χ4v) is 10.8. The first kappa shape index (κ1) is 55.3. The van der Waals surface area contributed by atoms with E-state index in [2.05, 4.69) is 99.7 Å². The average Bonchev–Trinajstić information content (AvgIpc) is 3.98. The molecular weight excluding hydrogens is 946 g/mol. The van der Waals surface area contributed by atoms with Crippen LogP contribution in [0.25, 0.3) is 0 Å². The lowest BCUT2D eigenvalue weighted by atomic mass is 9.79. The Hall–Kier alpha value is -5.99. The quantitative estimate of drug-likeness (QED) is 0.0766. The Morgan fingerprint density at radius 3 is 1.65 bits per heavy atom. The van der Waals surface area contributed by atoms with Crippen LogP contribution >= 0.6 is 24.8 Å². The number of rotatable bonds is 16. The molecule has 8 rings (SSSR count). The number of halogens is 2. The van der Waals surface area contributed by atoms with Crippen molar-refractivity contribution in [1.82, 2.24) is 26.6 Å². The van der Waals surface area contributed by atoms with E-state index in [1.807, 2.05) is 59.5 Å². The van der Waals surface area contributed by atoms with Crippen LogP contribution in [0.5, 0.6) is 0 Å². The lowest BCUT2D eigenvalue weighted by molar-refractivity contribution is -0.129. The second kappa shape index (κ2) is 25.6. The zero-order valence-corrected chi connectivity index (χ0v) is 43.6. The maximum absolute atomic E-state index is 14.9. The zero-order valence-electron chi connectivity index (χ0n) is 42.0. The smallest absolute Gasteiger partial charge is 0.251 e. The van der Waals surface area contributed by atoms with Crippen molar-refractivity contribution in [2.45, 2.75) is 146 Å². The number of carbonyl (C=O) groups excluding carboxylic acids is 5. The number of para-hydroxylation sites is 2. The van der Waals surface area contributed by atoms with Crippen LogP contribution in [0.3, 0.4) is 0 Å². The molecule has 4 aromatic carbocycles. The molecule has 0 saturated heterocycles. The fourth-order valence-electron chi connectivity index (χ4n) is 10.8. The van der Waals surface area contributed by atoms with Crippen LogP contribution in [-0.4, -0.2) is 85.8 Å². The second-order valence-corrected chi connectivity index (χ2v) is 19.4. The number of hydrogen-bond acceptors (Lipinski definition) is 8. The molecule has 1 unspecified atom stereocenters. The summed E-state index contributed by atoms with van der Waals surface area (Å²) in [6.45, 7) is 5.58. The lowest BCUT2D eigenvalue weighted by Gasteiger charge is -2.36. The molecule has 5 N–H and O–H groups in total. The van der Waals surface area contributed by atoms with E-state index >= 15 is 0 Å². The summed E-state index contributed by atoms with van der Waals surface area (Å²) in [5.74, 6) is 10.5. The lowest BCUT2D eigenvalue weighted by Crippen LogP contribution is -2.57. The van der Waals surface area contributed by atoms with E-state index in [9.17, 15) is 24.0 Å². The van der Waals surface area contributed by atoms with Gasteiger partial charge in [-0.15, -0.1) is 24.8 Å². The van der Waals surface area contributed by atoms with E-state index in [0.29, 0.717) is 24.9 Å². The van der Waals surface area contributed by atoms with Gasteiger partial charge in [0.25, 0.3) is 11.8 Å². The molecule has 14 heteroatoms. The van der Waals surface area contributed by atoms with Gasteiger partial charge in [0, 0.05) is 49.1 Å². The standard InChI is InChI=1S/C58H67N7O5.2ClH/c1-37(61-47-31-19-25-41-21-11-15-28-46(41)47)52-34-43-22-12-16-32-50(43)64(52)57(69)48(62-55(67)38(2)59-4)29-8-6-7-9-30-49(63-56(68)39(3)60-5)58(70)65-51-33-17-13-23-44(51)35-53(65)54(66)36-42-26-18-24-40-20-10-14-27-45(40)42;;/h10-17,20-23,27-28,32-33,37-39,42,47-49,52-53,59-61H,18-19,24-26,29-31,34-36H2,1-5H3,(H,62,67)(H,63,68);2*1H/t37?,38-,39-,42-,47+,48-,49-,52-,53-;;/m0../s1. The Morgan fingerprint density at radius 1 is 0.597 bits per heavy atom. The highest BCUT2D eigenvalue weighted by atomic mass is 35.5. The predicted octanol–water partition coefficient (Wildman–Crippen LogP) is 6.85. The summed E-state index contributed by atoms with van der Waals surface area (Å²) in [5, 5.41) is 15.7. The molecule has 12 nitrogen and oxygen atoms in total. The second-order valence-electron chi connectivity index (χ2n) is 19.4. The first-order valence-electron chi connectivity index (χ1n) is 25.1. The van der Waals surface area contributed by atoms with Gasteiger partial charge < -0.3 is 31.5 Å². The summed E-state index contributed by atoms with van der Waals surface area (Å²) in [6.07, 6.45) is 7.31. The Bertz CT molecular complexity index is 2730. The van der Waals surface area contributed by atoms with Gasteiger partial charge in [0.15, 0.2) is 5.78 Å². The SMILES string of the molecule is CN[C@@H](C)C(=O)N[C@@H](CC#CC#CC[C@H](NC(=O)[C@H](C)NC)C(=O)N1c2ccccc2C[C@H]1C(C)N[C@@H]1CCCc2ccccc21)C(=O)N1c2ccccc2C[C@H]1C(=O)C[C@@H]1CCCc2ccccc21.Cl.Cl. The minimum absolute atomic E-state index is 0. The van der Waals surface area contributed by atoms with Crippen LogP contribution in [0.15, 0.2) is 97.1 Å². The fraction of sp³-hybridized carbons (Fsp3) is 0.431. The number of nitrogens with zero attached hydrogens (tertiary/aromatic N) is 2. The number of Topliss-reactive ketones (excluding diaryl/α,β-unsaturated/α-hetero) is 1. The summed E-state index contributed by atoms with van der Waals surface area (Å²) in [4.78, 5) is 74.4. The third-order valence-electron chi connectivity index (χ3n) is 14.9. The van der Waals surface area contributed by atoms with Gasteiger partial charge in [-0.3, -0.25) is 28.9 Å². The van der Waals surface area contributed by atoms with E-state index in [-0.39, 0.29) is 85.2 Å². The van der Waals surface area contributed by atoms with Gasteiger partial charge in [0.1, 0.15) is 12.1 Å². The zero-order chi connectivity index (χ0) is 49.3. The van der Waals surface area contributed by atoms with Gasteiger partial charge in [0.2, 0.25) is 11.8 Å². The molecule has 0 radical (unpaired) electrons. The van der Waals surface area contributed by atoms with Crippen LogP contribution in [-0.2, 0) is 49.7 Å². The molecule has 9 atom stereocenters. The van der Waals surface area contributed by atoms with Crippen molar-refractivity contribution in [3.63, 3.8) is 0 Å². The monoisotopic (exact) mass is 1010 g/mol. The first-order chi connectivity index (χ1) is 34.0. The van der Waals surface area contributed by atoms with E-state index < -0.39 is 36.1 Å². The van der Waals surface area contributed by atoms with Gasteiger partial charge in [-0.2, -0.15) is 0 Å². The summed E-state index contributed by atoms with van der Waals surface area (Å²) < 4.78 is 0. The number of ketones is 1. The van der Waals surface area contributed by atoms with E-state index in [1.165, 1.54) is 22.3 Å². The number of likely N-dealkylation sites (N-methyl/N-ethyl adjacent to an activating group) is 2. The van der Waals surface area contributed by atoms with Crippen LogP contribution in [0, 0.1) is 23.7 Å². The number of carbonyl (C=O) groups is 5. The minimum atomic E-state index is -1.09. The third kappa shape index (κ3) is 12.4.